The van der Waals surface area contributed by atoms with Gasteiger partial charge in [0, 0.05) is 18.3 Å². The van der Waals surface area contributed by atoms with Crippen molar-refractivity contribution in [1.29, 1.82) is 0 Å². The van der Waals surface area contributed by atoms with Crippen molar-refractivity contribution in [2.75, 3.05) is 20.2 Å². The van der Waals surface area contributed by atoms with Crippen molar-refractivity contribution in [1.82, 2.24) is 15.3 Å². The van der Waals surface area contributed by atoms with Crippen LogP contribution in [0.4, 0.5) is 0 Å². The predicted molar refractivity (Wildman–Crippen MR) is 55.4 cm³/mol. The minimum Gasteiger partial charge on any atom is -0.476 e. The van der Waals surface area contributed by atoms with Crippen molar-refractivity contribution in [3.63, 3.8) is 0 Å². The molecule has 1 aromatic rings. The summed E-state index contributed by atoms with van der Waals surface area (Å²) in [7, 11) is 1.89. The first-order valence-electron chi connectivity index (χ1n) is 4.95. The number of nitrogens with zero attached hydrogens (tertiary/aromatic N) is 2. The Hall–Kier alpha value is -1.16. The quantitative estimate of drug-likeness (QED) is 0.689. The van der Waals surface area contributed by atoms with Crippen LogP contribution in [-0.4, -0.2) is 30.2 Å². The van der Waals surface area contributed by atoms with Crippen LogP contribution in [0, 0.1) is 0 Å². The molecule has 0 aromatic carbocycles. The van der Waals surface area contributed by atoms with Gasteiger partial charge in [0.05, 0.1) is 0 Å². The number of aromatic nitrogens is 2. The van der Waals surface area contributed by atoms with Crippen LogP contribution in [0.2, 0.25) is 0 Å². The van der Waals surface area contributed by atoms with Crippen molar-refractivity contribution < 1.29 is 4.74 Å². The zero-order valence-electron chi connectivity index (χ0n) is 8.79. The van der Waals surface area contributed by atoms with E-state index in [-0.39, 0.29) is 0 Å². The molecule has 1 rings (SSSR count). The fourth-order valence-corrected chi connectivity index (χ4v) is 1.11. The molecule has 1 N–H and O–H groups in total. The molecule has 0 aliphatic rings. The van der Waals surface area contributed by atoms with Crippen LogP contribution in [0.1, 0.15) is 19.0 Å². The summed E-state index contributed by atoms with van der Waals surface area (Å²) in [4.78, 5) is 8.18. The zero-order chi connectivity index (χ0) is 10.2. The van der Waals surface area contributed by atoms with Gasteiger partial charge in [-0.2, -0.15) is 0 Å². The van der Waals surface area contributed by atoms with Gasteiger partial charge >= 0.3 is 0 Å². The molecule has 0 spiro atoms. The summed E-state index contributed by atoms with van der Waals surface area (Å²) in [5, 5.41) is 3.01. The monoisotopic (exact) mass is 195 g/mol. The highest BCUT2D eigenvalue weighted by Gasteiger charge is 1.98. The third-order valence-electron chi connectivity index (χ3n) is 1.81. The molecule has 4 nitrogen and oxygen atoms in total. The van der Waals surface area contributed by atoms with Crippen LogP contribution in [0.5, 0.6) is 5.88 Å². The van der Waals surface area contributed by atoms with Crippen LogP contribution in [0.25, 0.3) is 0 Å². The first-order valence-corrected chi connectivity index (χ1v) is 4.95. The topological polar surface area (TPSA) is 47.0 Å². The number of likely N-dealkylation sites (N-methyl/N-ethyl adjacent to an activating group) is 1. The third kappa shape index (κ3) is 3.70. The molecule has 0 unspecified atom stereocenters. The predicted octanol–water partition coefficient (Wildman–Crippen LogP) is 1.03. The van der Waals surface area contributed by atoms with Crippen molar-refractivity contribution in [3.8, 4) is 5.88 Å². The maximum Gasteiger partial charge on any atom is 0.216 e. The normalized spacial score (nSPS) is 10.1. The highest BCUT2D eigenvalue weighted by molar-refractivity contribution is 5.13. The fourth-order valence-electron chi connectivity index (χ4n) is 1.11. The molecular formula is C10H17N3O. The summed E-state index contributed by atoms with van der Waals surface area (Å²) < 4.78 is 5.42. The van der Waals surface area contributed by atoms with Crippen molar-refractivity contribution in [2.45, 2.75) is 19.8 Å². The van der Waals surface area contributed by atoms with Gasteiger partial charge in [-0.25, -0.2) is 9.97 Å². The molecule has 0 saturated heterocycles. The van der Waals surface area contributed by atoms with E-state index >= 15 is 0 Å². The summed E-state index contributed by atoms with van der Waals surface area (Å²) in [6.45, 7) is 3.59. The summed E-state index contributed by atoms with van der Waals surface area (Å²) >= 11 is 0. The lowest BCUT2D eigenvalue weighted by atomic mass is 10.2. The molecule has 14 heavy (non-hydrogen) atoms. The smallest absolute Gasteiger partial charge is 0.216 e. The Labute approximate surface area is 84.7 Å². The number of aryl methyl sites for hydroxylation is 1. The molecule has 0 saturated carbocycles. The number of rotatable bonds is 6. The fraction of sp³-hybridized carbons (Fsp3) is 0.600. The third-order valence-corrected chi connectivity index (χ3v) is 1.81. The number of hydrogen-bond acceptors (Lipinski definition) is 4. The molecule has 0 radical (unpaired) electrons. The highest BCUT2D eigenvalue weighted by atomic mass is 16.5. The van der Waals surface area contributed by atoms with Crippen LogP contribution >= 0.6 is 0 Å². The van der Waals surface area contributed by atoms with E-state index in [1.807, 2.05) is 13.1 Å². The molecule has 0 atom stereocenters. The molecule has 0 aliphatic heterocycles. The molecule has 0 aliphatic carbocycles. The molecule has 1 heterocycles. The van der Waals surface area contributed by atoms with Gasteiger partial charge in [0.25, 0.3) is 0 Å². The van der Waals surface area contributed by atoms with Gasteiger partial charge in [0.15, 0.2) is 0 Å². The van der Waals surface area contributed by atoms with E-state index in [1.54, 1.807) is 6.33 Å². The van der Waals surface area contributed by atoms with Gasteiger partial charge in [0.1, 0.15) is 12.9 Å². The van der Waals surface area contributed by atoms with E-state index in [2.05, 4.69) is 22.2 Å². The SMILES string of the molecule is CCCc1cc(OCCNC)ncn1. The van der Waals surface area contributed by atoms with E-state index in [9.17, 15) is 0 Å². The maximum atomic E-state index is 5.42. The van der Waals surface area contributed by atoms with Crippen LogP contribution in [-0.2, 0) is 6.42 Å². The van der Waals surface area contributed by atoms with Gasteiger partial charge in [0.2, 0.25) is 5.88 Å². The molecule has 0 fully saturated rings. The Bertz CT molecular complexity index is 265. The van der Waals surface area contributed by atoms with E-state index in [4.69, 9.17) is 4.74 Å². The first kappa shape index (κ1) is 10.9. The number of hydrogen-bond donors (Lipinski definition) is 1. The number of ether oxygens (including phenoxy) is 1. The Morgan fingerprint density at radius 3 is 3.00 bits per heavy atom. The summed E-state index contributed by atoms with van der Waals surface area (Å²) in [6.07, 6.45) is 3.62. The van der Waals surface area contributed by atoms with Gasteiger partial charge in [-0.15, -0.1) is 0 Å². The number of nitrogens with one attached hydrogen (secondary N) is 1. The molecule has 78 valence electrons. The van der Waals surface area contributed by atoms with E-state index < -0.39 is 0 Å². The van der Waals surface area contributed by atoms with Crippen molar-refractivity contribution >= 4 is 0 Å². The lowest BCUT2D eigenvalue weighted by Gasteiger charge is -2.05. The average molecular weight is 195 g/mol. The second kappa shape index (κ2) is 6.32. The van der Waals surface area contributed by atoms with Crippen LogP contribution in [0.15, 0.2) is 12.4 Å². The molecule has 0 amide bonds. The zero-order valence-corrected chi connectivity index (χ0v) is 8.79. The lowest BCUT2D eigenvalue weighted by Crippen LogP contribution is -2.16. The second-order valence-electron chi connectivity index (χ2n) is 3.05. The molecular weight excluding hydrogens is 178 g/mol. The van der Waals surface area contributed by atoms with Gasteiger partial charge in [-0.1, -0.05) is 13.3 Å². The van der Waals surface area contributed by atoms with Crippen molar-refractivity contribution in [2.24, 2.45) is 0 Å². The van der Waals surface area contributed by atoms with Gasteiger partial charge in [-0.05, 0) is 13.5 Å². The second-order valence-corrected chi connectivity index (χ2v) is 3.05. The van der Waals surface area contributed by atoms with Crippen molar-refractivity contribution in [3.05, 3.63) is 18.1 Å². The molecule has 1 aromatic heterocycles. The van der Waals surface area contributed by atoms with E-state index in [0.29, 0.717) is 12.5 Å². The summed E-state index contributed by atoms with van der Waals surface area (Å²) in [5.74, 6) is 0.665. The van der Waals surface area contributed by atoms with Crippen LogP contribution in [0.3, 0.4) is 0 Å². The molecule has 0 bridgehead atoms. The standard InChI is InChI=1S/C10H17N3O/c1-3-4-9-7-10(13-8-12-9)14-6-5-11-2/h7-8,11H,3-6H2,1-2H3. The summed E-state index contributed by atoms with van der Waals surface area (Å²) in [5.41, 5.74) is 1.04. The minimum atomic E-state index is 0.638. The minimum absolute atomic E-state index is 0.638. The Kier molecular flexibility index (Phi) is 4.93. The van der Waals surface area contributed by atoms with E-state index in [1.165, 1.54) is 0 Å². The Balaban J connectivity index is 2.46. The largest absolute Gasteiger partial charge is 0.476 e. The van der Waals surface area contributed by atoms with Gasteiger partial charge < -0.3 is 10.1 Å². The molecule has 4 heteroatoms. The first-order chi connectivity index (χ1) is 6.86. The Morgan fingerprint density at radius 2 is 2.29 bits per heavy atom. The van der Waals surface area contributed by atoms with Crippen LogP contribution < -0.4 is 10.1 Å². The van der Waals surface area contributed by atoms with E-state index in [0.717, 1.165) is 25.1 Å². The average Bonchev–Trinajstić information content (AvgIpc) is 2.19. The maximum absolute atomic E-state index is 5.42. The Morgan fingerprint density at radius 1 is 1.43 bits per heavy atom. The summed E-state index contributed by atoms with van der Waals surface area (Å²) in [6, 6.07) is 1.90. The lowest BCUT2D eigenvalue weighted by molar-refractivity contribution is 0.305. The highest BCUT2D eigenvalue weighted by Crippen LogP contribution is 2.07. The van der Waals surface area contributed by atoms with Gasteiger partial charge in [-0.3, -0.25) is 0 Å².